The molecule has 2 N–H and O–H groups in total. The second kappa shape index (κ2) is 4.51. The van der Waals surface area contributed by atoms with Gasteiger partial charge in [0.1, 0.15) is 0 Å². The maximum atomic E-state index is 10.1. The van der Waals surface area contributed by atoms with Crippen molar-refractivity contribution in [3.8, 4) is 0 Å². The second-order valence-corrected chi connectivity index (χ2v) is 2.43. The molecule has 12 heavy (non-hydrogen) atoms. The average molecular weight is 165 g/mol. The minimum Gasteiger partial charge on any atom is -0.394 e. The molecule has 0 aliphatic rings. The van der Waals surface area contributed by atoms with E-state index in [-0.39, 0.29) is 12.6 Å². The summed E-state index contributed by atoms with van der Waals surface area (Å²) in [6, 6.07) is 9.05. The van der Waals surface area contributed by atoms with Crippen LogP contribution in [0.4, 0.5) is 0 Å². The molecule has 64 valence electrons. The first-order valence-electron chi connectivity index (χ1n) is 3.74. The lowest BCUT2D eigenvalue weighted by Crippen LogP contribution is -2.22. The van der Waals surface area contributed by atoms with Gasteiger partial charge in [0.2, 0.25) is 6.41 Å². The first-order chi connectivity index (χ1) is 5.88. The van der Waals surface area contributed by atoms with E-state index in [0.717, 1.165) is 5.56 Å². The molecule has 0 fully saturated rings. The Morgan fingerprint density at radius 1 is 1.42 bits per heavy atom. The van der Waals surface area contributed by atoms with Gasteiger partial charge in [-0.15, -0.1) is 0 Å². The summed E-state index contributed by atoms with van der Waals surface area (Å²) in [5.41, 5.74) is 0.909. The highest BCUT2D eigenvalue weighted by molar-refractivity contribution is 5.47. The molecule has 0 radical (unpaired) electrons. The van der Waals surface area contributed by atoms with Crippen LogP contribution >= 0.6 is 0 Å². The van der Waals surface area contributed by atoms with Crippen molar-refractivity contribution in [1.82, 2.24) is 5.32 Å². The fourth-order valence-electron chi connectivity index (χ4n) is 1.02. The number of aliphatic hydroxyl groups is 1. The van der Waals surface area contributed by atoms with Crippen molar-refractivity contribution in [2.75, 3.05) is 6.61 Å². The zero-order chi connectivity index (χ0) is 8.81. The Balaban J connectivity index is 2.72. The lowest BCUT2D eigenvalue weighted by molar-refractivity contribution is -0.110. The van der Waals surface area contributed by atoms with Gasteiger partial charge < -0.3 is 10.4 Å². The van der Waals surface area contributed by atoms with E-state index >= 15 is 0 Å². The van der Waals surface area contributed by atoms with Crippen molar-refractivity contribution in [2.45, 2.75) is 6.04 Å². The fourth-order valence-corrected chi connectivity index (χ4v) is 1.02. The zero-order valence-electron chi connectivity index (χ0n) is 6.60. The number of hydrogen-bond acceptors (Lipinski definition) is 2. The van der Waals surface area contributed by atoms with Crippen LogP contribution in [0.15, 0.2) is 30.3 Å². The quantitative estimate of drug-likeness (QED) is 0.637. The number of aliphatic hydroxyl groups excluding tert-OH is 1. The molecular weight excluding hydrogens is 154 g/mol. The van der Waals surface area contributed by atoms with Crippen LogP contribution in [-0.4, -0.2) is 18.1 Å². The van der Waals surface area contributed by atoms with Gasteiger partial charge in [-0.3, -0.25) is 4.79 Å². The largest absolute Gasteiger partial charge is 0.394 e. The normalized spacial score (nSPS) is 12.1. The van der Waals surface area contributed by atoms with Gasteiger partial charge in [0.05, 0.1) is 12.6 Å². The molecule has 0 spiro atoms. The Kier molecular flexibility index (Phi) is 3.29. The number of benzene rings is 1. The number of carbonyl (C=O) groups is 1. The molecular formula is C9H11NO2. The van der Waals surface area contributed by atoms with Gasteiger partial charge in [-0.05, 0) is 5.56 Å². The van der Waals surface area contributed by atoms with Crippen LogP contribution in [0.1, 0.15) is 11.6 Å². The standard InChI is InChI=1S/C9H11NO2/c11-6-9(10-7-12)8-4-2-1-3-5-8/h1-5,7,9,11H,6H2,(H,10,12)/t9-/m0/s1. The van der Waals surface area contributed by atoms with E-state index in [9.17, 15) is 4.79 Å². The minimum atomic E-state index is -0.288. The Hall–Kier alpha value is -1.35. The molecule has 3 heteroatoms. The number of rotatable bonds is 4. The maximum absolute atomic E-state index is 10.1. The molecule has 0 saturated heterocycles. The first kappa shape index (κ1) is 8.74. The predicted molar refractivity (Wildman–Crippen MR) is 45.5 cm³/mol. The molecule has 0 heterocycles. The predicted octanol–water partition coefficient (Wildman–Crippen LogP) is 0.466. The number of amides is 1. The van der Waals surface area contributed by atoms with Gasteiger partial charge in [0.15, 0.2) is 0 Å². The molecule has 1 aromatic carbocycles. The fraction of sp³-hybridized carbons (Fsp3) is 0.222. The minimum absolute atomic E-state index is 0.0806. The van der Waals surface area contributed by atoms with E-state index in [1.54, 1.807) is 0 Å². The van der Waals surface area contributed by atoms with Crippen LogP contribution < -0.4 is 5.32 Å². The summed E-state index contributed by atoms with van der Waals surface area (Å²) in [6.45, 7) is -0.0806. The van der Waals surface area contributed by atoms with E-state index < -0.39 is 0 Å². The summed E-state index contributed by atoms with van der Waals surface area (Å²) in [7, 11) is 0. The lowest BCUT2D eigenvalue weighted by atomic mass is 10.1. The Morgan fingerprint density at radius 3 is 2.58 bits per heavy atom. The monoisotopic (exact) mass is 165 g/mol. The molecule has 1 amide bonds. The average Bonchev–Trinajstić information content (AvgIpc) is 2.15. The van der Waals surface area contributed by atoms with E-state index in [1.807, 2.05) is 30.3 Å². The van der Waals surface area contributed by atoms with Crippen LogP contribution in [0.5, 0.6) is 0 Å². The van der Waals surface area contributed by atoms with Crippen molar-refractivity contribution in [2.24, 2.45) is 0 Å². The summed E-state index contributed by atoms with van der Waals surface area (Å²) in [4.78, 5) is 10.1. The van der Waals surface area contributed by atoms with Gasteiger partial charge in [0.25, 0.3) is 0 Å². The van der Waals surface area contributed by atoms with Crippen LogP contribution in [0.25, 0.3) is 0 Å². The van der Waals surface area contributed by atoms with Crippen LogP contribution in [0.2, 0.25) is 0 Å². The van der Waals surface area contributed by atoms with Gasteiger partial charge in [0, 0.05) is 0 Å². The molecule has 0 saturated carbocycles. The molecule has 0 bridgehead atoms. The van der Waals surface area contributed by atoms with Crippen molar-refractivity contribution in [3.63, 3.8) is 0 Å². The number of nitrogens with one attached hydrogen (secondary N) is 1. The molecule has 1 atom stereocenters. The molecule has 1 rings (SSSR count). The smallest absolute Gasteiger partial charge is 0.207 e. The van der Waals surface area contributed by atoms with Gasteiger partial charge in [-0.25, -0.2) is 0 Å². The SMILES string of the molecule is O=CN[C@@H](CO)c1ccccc1. The topological polar surface area (TPSA) is 49.3 Å². The molecule has 0 aliphatic heterocycles. The first-order valence-corrected chi connectivity index (χ1v) is 3.74. The van der Waals surface area contributed by atoms with E-state index in [2.05, 4.69) is 5.32 Å². The summed E-state index contributed by atoms with van der Waals surface area (Å²) in [5, 5.41) is 11.4. The molecule has 0 unspecified atom stereocenters. The zero-order valence-corrected chi connectivity index (χ0v) is 6.60. The Labute approximate surface area is 71.0 Å². The molecule has 0 aliphatic carbocycles. The third-order valence-electron chi connectivity index (χ3n) is 1.65. The lowest BCUT2D eigenvalue weighted by Gasteiger charge is -2.12. The third kappa shape index (κ3) is 2.07. The van der Waals surface area contributed by atoms with E-state index in [0.29, 0.717) is 6.41 Å². The van der Waals surface area contributed by atoms with Crippen molar-refractivity contribution in [1.29, 1.82) is 0 Å². The van der Waals surface area contributed by atoms with Crippen molar-refractivity contribution in [3.05, 3.63) is 35.9 Å². The molecule has 0 aromatic heterocycles. The Bertz CT molecular complexity index is 236. The van der Waals surface area contributed by atoms with Crippen LogP contribution in [0.3, 0.4) is 0 Å². The van der Waals surface area contributed by atoms with Gasteiger partial charge in [-0.1, -0.05) is 30.3 Å². The van der Waals surface area contributed by atoms with E-state index in [1.165, 1.54) is 0 Å². The highest BCUT2D eigenvalue weighted by Crippen LogP contribution is 2.09. The van der Waals surface area contributed by atoms with Crippen LogP contribution in [-0.2, 0) is 4.79 Å². The molecule has 1 aromatic rings. The van der Waals surface area contributed by atoms with Crippen molar-refractivity contribution >= 4 is 6.41 Å². The Morgan fingerprint density at radius 2 is 2.08 bits per heavy atom. The highest BCUT2D eigenvalue weighted by atomic mass is 16.3. The number of carbonyl (C=O) groups excluding carboxylic acids is 1. The summed E-state index contributed by atoms with van der Waals surface area (Å²) >= 11 is 0. The number of hydrogen-bond donors (Lipinski definition) is 2. The second-order valence-electron chi connectivity index (χ2n) is 2.43. The molecule has 3 nitrogen and oxygen atoms in total. The maximum Gasteiger partial charge on any atom is 0.207 e. The summed E-state index contributed by atoms with van der Waals surface area (Å²) < 4.78 is 0. The van der Waals surface area contributed by atoms with Gasteiger partial charge >= 0.3 is 0 Å². The van der Waals surface area contributed by atoms with Crippen LogP contribution in [0, 0.1) is 0 Å². The highest BCUT2D eigenvalue weighted by Gasteiger charge is 2.06. The van der Waals surface area contributed by atoms with Crippen molar-refractivity contribution < 1.29 is 9.90 Å². The van der Waals surface area contributed by atoms with Gasteiger partial charge in [-0.2, -0.15) is 0 Å². The van der Waals surface area contributed by atoms with E-state index in [4.69, 9.17) is 5.11 Å². The summed E-state index contributed by atoms with van der Waals surface area (Å²) in [5.74, 6) is 0. The third-order valence-corrected chi connectivity index (χ3v) is 1.65. The summed E-state index contributed by atoms with van der Waals surface area (Å²) in [6.07, 6.45) is 0.591.